The molecule has 0 fully saturated rings. The average Bonchev–Trinajstić information content (AvgIpc) is 2.27. The molecule has 0 atom stereocenters. The van der Waals surface area contributed by atoms with E-state index in [0.29, 0.717) is 6.54 Å². The lowest BCUT2D eigenvalue weighted by Gasteiger charge is -2.25. The van der Waals surface area contributed by atoms with Gasteiger partial charge in [0, 0.05) is 18.9 Å². The molecule has 0 aliphatic rings. The van der Waals surface area contributed by atoms with Gasteiger partial charge in [0.15, 0.2) is 0 Å². The second-order valence-corrected chi connectivity index (χ2v) is 4.53. The third-order valence-electron chi connectivity index (χ3n) is 2.63. The van der Waals surface area contributed by atoms with Crippen LogP contribution >= 0.6 is 0 Å². The van der Waals surface area contributed by atoms with E-state index in [4.69, 9.17) is 4.74 Å². The predicted molar refractivity (Wildman–Crippen MR) is 64.7 cm³/mol. The summed E-state index contributed by atoms with van der Waals surface area (Å²) in [6, 6.07) is 7.92. The first-order valence-corrected chi connectivity index (χ1v) is 5.34. The van der Waals surface area contributed by atoms with E-state index in [9.17, 15) is 4.79 Å². The van der Waals surface area contributed by atoms with Gasteiger partial charge < -0.3 is 10.1 Å². The van der Waals surface area contributed by atoms with Crippen LogP contribution in [-0.4, -0.2) is 19.6 Å². The molecular weight excluding hydrogens is 202 g/mol. The van der Waals surface area contributed by atoms with E-state index in [1.807, 2.05) is 24.3 Å². The zero-order valence-corrected chi connectivity index (χ0v) is 10.3. The molecule has 1 rings (SSSR count). The highest BCUT2D eigenvalue weighted by atomic mass is 16.5. The smallest absolute Gasteiger partial charge is 0.216 e. The third kappa shape index (κ3) is 3.26. The molecule has 3 nitrogen and oxygen atoms in total. The number of hydrogen-bond donors (Lipinski definition) is 1. The Hall–Kier alpha value is -1.51. The second kappa shape index (κ2) is 5.01. The van der Waals surface area contributed by atoms with Crippen molar-refractivity contribution < 1.29 is 9.53 Å². The molecule has 0 saturated heterocycles. The van der Waals surface area contributed by atoms with Crippen LogP contribution in [0.2, 0.25) is 0 Å². The van der Waals surface area contributed by atoms with Crippen LogP contribution in [0.5, 0.6) is 5.75 Å². The number of methoxy groups -OCH3 is 1. The molecule has 1 amide bonds. The number of carbonyl (C=O) groups excluding carboxylic acids is 1. The first-order valence-electron chi connectivity index (χ1n) is 5.34. The van der Waals surface area contributed by atoms with Crippen molar-refractivity contribution in [2.75, 3.05) is 13.7 Å². The lowest BCUT2D eigenvalue weighted by atomic mass is 9.84. The summed E-state index contributed by atoms with van der Waals surface area (Å²) in [7, 11) is 1.65. The molecule has 88 valence electrons. The van der Waals surface area contributed by atoms with Crippen molar-refractivity contribution in [1.29, 1.82) is 0 Å². The van der Waals surface area contributed by atoms with Gasteiger partial charge in [-0.1, -0.05) is 26.0 Å². The van der Waals surface area contributed by atoms with Gasteiger partial charge in [0.25, 0.3) is 0 Å². The minimum atomic E-state index is -0.0970. The van der Waals surface area contributed by atoms with Gasteiger partial charge in [-0.2, -0.15) is 0 Å². The Bertz CT molecular complexity index is 372. The summed E-state index contributed by atoms with van der Waals surface area (Å²) < 4.78 is 5.19. The summed E-state index contributed by atoms with van der Waals surface area (Å²) in [6.07, 6.45) is 0. The molecule has 0 unspecified atom stereocenters. The zero-order valence-electron chi connectivity index (χ0n) is 10.3. The Morgan fingerprint density at radius 1 is 1.44 bits per heavy atom. The fourth-order valence-corrected chi connectivity index (χ4v) is 1.49. The minimum absolute atomic E-state index is 0.00373. The summed E-state index contributed by atoms with van der Waals surface area (Å²) in [6.45, 7) is 6.34. The van der Waals surface area contributed by atoms with Crippen LogP contribution in [-0.2, 0) is 10.2 Å². The Morgan fingerprint density at radius 3 is 2.69 bits per heavy atom. The molecule has 16 heavy (non-hydrogen) atoms. The first-order chi connectivity index (χ1) is 7.45. The van der Waals surface area contributed by atoms with Gasteiger partial charge in [0.2, 0.25) is 5.91 Å². The van der Waals surface area contributed by atoms with E-state index in [1.54, 1.807) is 7.11 Å². The maximum atomic E-state index is 10.9. The maximum Gasteiger partial charge on any atom is 0.216 e. The maximum absolute atomic E-state index is 10.9. The first kappa shape index (κ1) is 12.6. The molecule has 1 aromatic rings. The molecule has 0 saturated carbocycles. The summed E-state index contributed by atoms with van der Waals surface area (Å²) in [4.78, 5) is 10.9. The summed E-state index contributed by atoms with van der Waals surface area (Å²) in [5.74, 6) is 0.837. The highest BCUT2D eigenvalue weighted by Crippen LogP contribution is 2.25. The van der Waals surface area contributed by atoms with Gasteiger partial charge in [-0.05, 0) is 17.7 Å². The monoisotopic (exact) mass is 221 g/mol. The molecule has 0 bridgehead atoms. The van der Waals surface area contributed by atoms with Gasteiger partial charge in [-0.25, -0.2) is 0 Å². The molecule has 0 aliphatic heterocycles. The predicted octanol–water partition coefficient (Wildman–Crippen LogP) is 2.11. The third-order valence-corrected chi connectivity index (χ3v) is 2.63. The van der Waals surface area contributed by atoms with E-state index >= 15 is 0 Å². The zero-order chi connectivity index (χ0) is 12.2. The van der Waals surface area contributed by atoms with Crippen LogP contribution in [0.4, 0.5) is 0 Å². The van der Waals surface area contributed by atoms with Crippen molar-refractivity contribution in [1.82, 2.24) is 5.32 Å². The molecule has 0 aromatic heterocycles. The van der Waals surface area contributed by atoms with Crippen molar-refractivity contribution in [2.45, 2.75) is 26.2 Å². The number of ether oxygens (including phenoxy) is 1. The fourth-order valence-electron chi connectivity index (χ4n) is 1.49. The van der Waals surface area contributed by atoms with Crippen LogP contribution in [0.15, 0.2) is 24.3 Å². The molecule has 1 N–H and O–H groups in total. The van der Waals surface area contributed by atoms with E-state index in [2.05, 4.69) is 19.2 Å². The SMILES string of the molecule is COc1cccc(C(C)(C)CNC(C)=O)c1. The van der Waals surface area contributed by atoms with Crippen molar-refractivity contribution in [3.8, 4) is 5.75 Å². The van der Waals surface area contributed by atoms with Crippen LogP contribution < -0.4 is 10.1 Å². The van der Waals surface area contributed by atoms with Gasteiger partial charge in [-0.15, -0.1) is 0 Å². The molecule has 0 aliphatic carbocycles. The summed E-state index contributed by atoms with van der Waals surface area (Å²) >= 11 is 0. The van der Waals surface area contributed by atoms with Crippen molar-refractivity contribution in [3.05, 3.63) is 29.8 Å². The van der Waals surface area contributed by atoms with Crippen LogP contribution in [0.25, 0.3) is 0 Å². The quantitative estimate of drug-likeness (QED) is 0.845. The summed E-state index contributed by atoms with van der Waals surface area (Å²) in [5, 5.41) is 2.84. The molecule has 0 heterocycles. The topological polar surface area (TPSA) is 38.3 Å². The van der Waals surface area contributed by atoms with Gasteiger partial charge in [0.05, 0.1) is 7.11 Å². The molecule has 3 heteroatoms. The second-order valence-electron chi connectivity index (χ2n) is 4.53. The minimum Gasteiger partial charge on any atom is -0.497 e. The van der Waals surface area contributed by atoms with Crippen molar-refractivity contribution >= 4 is 5.91 Å². The largest absolute Gasteiger partial charge is 0.497 e. The standard InChI is InChI=1S/C13H19NO2/c1-10(15)14-9-13(2,3)11-6-5-7-12(8-11)16-4/h5-8H,9H2,1-4H3,(H,14,15). The normalized spacial score (nSPS) is 11.0. The highest BCUT2D eigenvalue weighted by molar-refractivity contribution is 5.72. The van der Waals surface area contributed by atoms with Crippen LogP contribution in [0.3, 0.4) is 0 Å². The van der Waals surface area contributed by atoms with Gasteiger partial charge >= 0.3 is 0 Å². The number of hydrogen-bond acceptors (Lipinski definition) is 2. The Labute approximate surface area is 96.8 Å². The van der Waals surface area contributed by atoms with E-state index < -0.39 is 0 Å². The fraction of sp³-hybridized carbons (Fsp3) is 0.462. The van der Waals surface area contributed by atoms with E-state index in [1.165, 1.54) is 6.92 Å². The lowest BCUT2D eigenvalue weighted by Crippen LogP contribution is -2.35. The number of nitrogens with one attached hydrogen (secondary N) is 1. The summed E-state index contributed by atoms with van der Waals surface area (Å²) in [5.41, 5.74) is 1.06. The van der Waals surface area contributed by atoms with E-state index in [0.717, 1.165) is 11.3 Å². The Morgan fingerprint density at radius 2 is 2.12 bits per heavy atom. The van der Waals surface area contributed by atoms with E-state index in [-0.39, 0.29) is 11.3 Å². The van der Waals surface area contributed by atoms with Gasteiger partial charge in [-0.3, -0.25) is 4.79 Å². The average molecular weight is 221 g/mol. The lowest BCUT2D eigenvalue weighted by molar-refractivity contribution is -0.119. The van der Waals surface area contributed by atoms with Crippen LogP contribution in [0, 0.1) is 0 Å². The molecule has 1 aromatic carbocycles. The Balaban J connectivity index is 2.83. The molecule has 0 spiro atoms. The number of benzene rings is 1. The van der Waals surface area contributed by atoms with Crippen molar-refractivity contribution in [3.63, 3.8) is 0 Å². The molecule has 0 radical (unpaired) electrons. The number of amides is 1. The van der Waals surface area contributed by atoms with Crippen molar-refractivity contribution in [2.24, 2.45) is 0 Å². The Kier molecular flexibility index (Phi) is 3.93. The number of carbonyl (C=O) groups is 1. The van der Waals surface area contributed by atoms with Gasteiger partial charge in [0.1, 0.15) is 5.75 Å². The highest BCUT2D eigenvalue weighted by Gasteiger charge is 2.21. The number of rotatable bonds is 4. The van der Waals surface area contributed by atoms with Crippen LogP contribution in [0.1, 0.15) is 26.3 Å². The molecular formula is C13H19NO2.